The fourth-order valence-electron chi connectivity index (χ4n) is 3.04. The molecule has 0 unspecified atom stereocenters. The van der Waals surface area contributed by atoms with Crippen LogP contribution in [0.2, 0.25) is 0 Å². The van der Waals surface area contributed by atoms with Crippen molar-refractivity contribution >= 4 is 29.1 Å². The third-order valence-corrected chi connectivity index (χ3v) is 4.70. The Kier molecular flexibility index (Phi) is 9.03. The molecule has 0 aliphatic carbocycles. The van der Waals surface area contributed by atoms with Crippen molar-refractivity contribution in [1.29, 1.82) is 0 Å². The number of hydrogen-bond acceptors (Lipinski definition) is 9. The molecule has 0 aliphatic heterocycles. The molecule has 0 radical (unpaired) electrons. The highest BCUT2D eigenvalue weighted by atomic mass is 16.6. The van der Waals surface area contributed by atoms with Crippen LogP contribution in [0.25, 0.3) is 0 Å². The van der Waals surface area contributed by atoms with E-state index in [0.717, 1.165) is 12.1 Å². The molecule has 1 rings (SSSR count). The quantitative estimate of drug-likeness (QED) is 0.213. The number of benzene rings is 1. The Morgan fingerprint density at radius 1 is 1.00 bits per heavy atom. The van der Waals surface area contributed by atoms with Gasteiger partial charge in [-0.05, 0) is 46.1 Å². The van der Waals surface area contributed by atoms with Gasteiger partial charge in [0.25, 0.3) is 11.4 Å². The number of aryl methyl sites for hydroxylation is 1. The smallest absolute Gasteiger partial charge is 0.319 e. The van der Waals surface area contributed by atoms with Crippen molar-refractivity contribution in [3.63, 3.8) is 0 Å². The second-order valence-corrected chi connectivity index (χ2v) is 6.49. The third-order valence-electron chi connectivity index (χ3n) is 4.70. The highest BCUT2D eigenvalue weighted by Crippen LogP contribution is 2.35. The summed E-state index contributed by atoms with van der Waals surface area (Å²) in [4.78, 5) is 57.6. The summed E-state index contributed by atoms with van der Waals surface area (Å²) in [6.45, 7) is 4.52. The molecule has 0 saturated heterocycles. The van der Waals surface area contributed by atoms with Crippen molar-refractivity contribution in [2.45, 2.75) is 46.5 Å². The first-order valence-corrected chi connectivity index (χ1v) is 9.34. The van der Waals surface area contributed by atoms with E-state index in [-0.39, 0.29) is 44.5 Å². The Morgan fingerprint density at radius 3 is 2.13 bits per heavy atom. The average molecular weight is 424 g/mol. The van der Waals surface area contributed by atoms with Gasteiger partial charge in [-0.25, -0.2) is 0 Å². The van der Waals surface area contributed by atoms with Crippen molar-refractivity contribution in [2.75, 3.05) is 13.2 Å². The van der Waals surface area contributed by atoms with Crippen molar-refractivity contribution in [3.05, 3.63) is 44.0 Å². The minimum absolute atomic E-state index is 0.00491. The van der Waals surface area contributed by atoms with E-state index in [1.165, 1.54) is 13.0 Å². The number of nitro groups is 2. The van der Waals surface area contributed by atoms with Crippen LogP contribution < -0.4 is 0 Å². The Labute approximate surface area is 172 Å². The maximum atomic E-state index is 12.6. The first-order chi connectivity index (χ1) is 14.1. The lowest BCUT2D eigenvalue weighted by Crippen LogP contribution is -2.40. The number of hydrogen-bond donors (Lipinski definition) is 0. The zero-order chi connectivity index (χ0) is 22.9. The van der Waals surface area contributed by atoms with Crippen molar-refractivity contribution in [2.24, 2.45) is 5.41 Å². The number of Topliss-reactive ketones (excluding diaryl/α,β-unsaturated/α-hetero) is 1. The lowest BCUT2D eigenvalue weighted by molar-refractivity contribution is -0.394. The predicted octanol–water partition coefficient (Wildman–Crippen LogP) is 2.92. The molecular formula is C19H24N2O9. The lowest BCUT2D eigenvalue weighted by atomic mass is 9.75. The summed E-state index contributed by atoms with van der Waals surface area (Å²) in [5, 5.41) is 22.2. The Balaban J connectivity index is 3.25. The Hall–Kier alpha value is -3.37. The number of ether oxygens (including phenoxy) is 2. The molecular weight excluding hydrogens is 400 g/mol. The van der Waals surface area contributed by atoms with Crippen LogP contribution in [0, 0.1) is 25.6 Å². The monoisotopic (exact) mass is 424 g/mol. The SMILES string of the molecule is CCOC(=O)CC[C@@](CCc1ccc([N+](=O)[O-])cc1[N+](=O)[O-])(C(C)=O)C(=O)OCC. The summed E-state index contributed by atoms with van der Waals surface area (Å²) < 4.78 is 9.89. The minimum Gasteiger partial charge on any atom is -0.466 e. The second-order valence-electron chi connectivity index (χ2n) is 6.49. The zero-order valence-electron chi connectivity index (χ0n) is 17.0. The molecule has 0 amide bonds. The molecule has 11 heteroatoms. The standard InChI is InChI=1S/C19H24N2O9/c1-4-29-17(23)9-11-19(13(3)22,18(24)30-5-2)10-8-14-6-7-15(20(25)26)12-16(14)21(27)28/h6-7,12H,4-5,8-11H2,1-3H3/t19-/m0/s1. The van der Waals surface area contributed by atoms with E-state index in [0.29, 0.717) is 0 Å². The number of rotatable bonds is 12. The van der Waals surface area contributed by atoms with Gasteiger partial charge in [0.05, 0.1) is 29.1 Å². The summed E-state index contributed by atoms with van der Waals surface area (Å²) in [6.07, 6.45) is -0.663. The molecule has 1 aromatic rings. The van der Waals surface area contributed by atoms with E-state index >= 15 is 0 Å². The van der Waals surface area contributed by atoms with Gasteiger partial charge in [-0.3, -0.25) is 34.6 Å². The van der Waals surface area contributed by atoms with Crippen LogP contribution in [-0.4, -0.2) is 40.8 Å². The van der Waals surface area contributed by atoms with Crippen LogP contribution in [0.15, 0.2) is 18.2 Å². The van der Waals surface area contributed by atoms with Crippen LogP contribution >= 0.6 is 0 Å². The molecule has 0 aromatic heterocycles. The molecule has 0 N–H and O–H groups in total. The largest absolute Gasteiger partial charge is 0.466 e. The van der Waals surface area contributed by atoms with Gasteiger partial charge in [0.1, 0.15) is 11.2 Å². The number of esters is 2. The average Bonchev–Trinajstić information content (AvgIpc) is 2.68. The molecule has 0 spiro atoms. The highest BCUT2D eigenvalue weighted by Gasteiger charge is 2.45. The van der Waals surface area contributed by atoms with Crippen molar-refractivity contribution in [3.8, 4) is 0 Å². The summed E-state index contributed by atoms with van der Waals surface area (Å²) in [5.41, 5.74) is -2.51. The fourth-order valence-corrected chi connectivity index (χ4v) is 3.04. The summed E-state index contributed by atoms with van der Waals surface area (Å²) in [5.74, 6) is -1.96. The molecule has 164 valence electrons. The molecule has 0 bridgehead atoms. The number of ketones is 1. The molecule has 1 aromatic carbocycles. The van der Waals surface area contributed by atoms with Crippen LogP contribution in [0.1, 0.15) is 45.6 Å². The van der Waals surface area contributed by atoms with Gasteiger partial charge in [-0.2, -0.15) is 0 Å². The van der Waals surface area contributed by atoms with Crippen LogP contribution in [0.4, 0.5) is 11.4 Å². The van der Waals surface area contributed by atoms with Gasteiger partial charge < -0.3 is 9.47 Å². The topological polar surface area (TPSA) is 156 Å². The maximum Gasteiger partial charge on any atom is 0.319 e. The first kappa shape index (κ1) is 24.7. The van der Waals surface area contributed by atoms with E-state index in [9.17, 15) is 34.6 Å². The molecule has 11 nitrogen and oxygen atoms in total. The second kappa shape index (κ2) is 11.0. The normalized spacial score (nSPS) is 12.5. The number of nitro benzene ring substituents is 2. The molecule has 0 heterocycles. The third kappa shape index (κ3) is 6.06. The Morgan fingerprint density at radius 2 is 1.63 bits per heavy atom. The zero-order valence-corrected chi connectivity index (χ0v) is 17.0. The fraction of sp³-hybridized carbons (Fsp3) is 0.526. The van der Waals surface area contributed by atoms with Crippen LogP contribution in [0.5, 0.6) is 0 Å². The summed E-state index contributed by atoms with van der Waals surface area (Å²) in [7, 11) is 0. The van der Waals surface area contributed by atoms with Gasteiger partial charge in [0.15, 0.2) is 0 Å². The number of carbonyl (C=O) groups excluding carboxylic acids is 3. The van der Waals surface area contributed by atoms with E-state index in [1.807, 2.05) is 0 Å². The first-order valence-electron chi connectivity index (χ1n) is 9.34. The number of carbonyl (C=O) groups is 3. The highest BCUT2D eigenvalue weighted by molar-refractivity contribution is 6.03. The molecule has 0 saturated carbocycles. The number of nitrogens with zero attached hydrogens (tertiary/aromatic N) is 2. The predicted molar refractivity (Wildman–Crippen MR) is 104 cm³/mol. The minimum atomic E-state index is -1.70. The number of non-ortho nitro benzene ring substituents is 1. The van der Waals surface area contributed by atoms with E-state index in [4.69, 9.17) is 9.47 Å². The van der Waals surface area contributed by atoms with Crippen LogP contribution in [0.3, 0.4) is 0 Å². The van der Waals surface area contributed by atoms with E-state index in [2.05, 4.69) is 0 Å². The van der Waals surface area contributed by atoms with Crippen molar-refractivity contribution < 1.29 is 33.7 Å². The van der Waals surface area contributed by atoms with E-state index < -0.39 is 44.4 Å². The maximum absolute atomic E-state index is 12.6. The summed E-state index contributed by atoms with van der Waals surface area (Å²) >= 11 is 0. The summed E-state index contributed by atoms with van der Waals surface area (Å²) in [6, 6.07) is 3.16. The molecule has 0 fully saturated rings. The van der Waals surface area contributed by atoms with Gasteiger partial charge in [-0.1, -0.05) is 0 Å². The van der Waals surface area contributed by atoms with Crippen LogP contribution in [-0.2, 0) is 30.3 Å². The Bertz CT molecular complexity index is 837. The van der Waals surface area contributed by atoms with E-state index in [1.54, 1.807) is 13.8 Å². The molecule has 0 aliphatic rings. The van der Waals surface area contributed by atoms with Crippen molar-refractivity contribution in [1.82, 2.24) is 0 Å². The lowest BCUT2D eigenvalue weighted by Gasteiger charge is -2.28. The van der Waals surface area contributed by atoms with Gasteiger partial charge in [-0.15, -0.1) is 0 Å². The molecule has 30 heavy (non-hydrogen) atoms. The molecule has 1 atom stereocenters. The van der Waals surface area contributed by atoms with Gasteiger partial charge in [0.2, 0.25) is 0 Å². The van der Waals surface area contributed by atoms with Gasteiger partial charge >= 0.3 is 11.9 Å². The van der Waals surface area contributed by atoms with Gasteiger partial charge in [0, 0.05) is 18.1 Å².